The van der Waals surface area contributed by atoms with E-state index in [4.69, 9.17) is 3.07 Å². The van der Waals surface area contributed by atoms with Crippen LogP contribution in [0.1, 0.15) is 86.3 Å². The monoisotopic (exact) mass is 450 g/mol. The molecule has 25 heavy (non-hydrogen) atoms. The van der Waals surface area contributed by atoms with E-state index >= 15 is 0 Å². The zero-order chi connectivity index (χ0) is 18.3. The topological polar surface area (TPSA) is 26.3 Å². The Morgan fingerprint density at radius 1 is 0.840 bits per heavy atom. The molecule has 0 bridgehead atoms. The second-order valence-corrected chi connectivity index (χ2v) is 11.7. The van der Waals surface area contributed by atoms with Crippen LogP contribution in [-0.2, 0) is 3.07 Å². The quantitative estimate of drug-likeness (QED) is 0.486. The molecule has 1 heterocycles. The summed E-state index contributed by atoms with van der Waals surface area (Å²) in [5, 5.41) is 0. The number of fused-ring (bicyclic) bond motifs is 1. The van der Waals surface area contributed by atoms with E-state index in [9.17, 15) is 4.79 Å². The molecule has 2 nitrogen and oxygen atoms in total. The minimum absolute atomic E-state index is 0.141. The Bertz CT molecular complexity index is 776. The molecule has 0 amide bonds. The van der Waals surface area contributed by atoms with Gasteiger partial charge >= 0.3 is 159 Å². The van der Waals surface area contributed by atoms with Crippen molar-refractivity contribution in [3.05, 3.63) is 65.8 Å². The standard InChI is InChI=1S/C22H27IO2/c1-13(2)16-11-18(14(3)4)21(19(12-16)15(5)6)23-20-10-8-7-9-17(20)22(24)25-23/h7-15H,1-6H3. The number of carbonyl (C=O) groups is 1. The van der Waals surface area contributed by atoms with Gasteiger partial charge in [-0.15, -0.1) is 0 Å². The molecule has 134 valence electrons. The van der Waals surface area contributed by atoms with Crippen LogP contribution in [-0.4, -0.2) is 5.97 Å². The third-order valence-corrected chi connectivity index (χ3v) is 9.72. The number of hydrogen-bond acceptors (Lipinski definition) is 2. The molecule has 0 radical (unpaired) electrons. The van der Waals surface area contributed by atoms with Crippen LogP contribution in [0.2, 0.25) is 0 Å². The third-order valence-electron chi connectivity index (χ3n) is 4.66. The van der Waals surface area contributed by atoms with E-state index in [-0.39, 0.29) is 5.97 Å². The first-order valence-electron chi connectivity index (χ1n) is 9.00. The summed E-state index contributed by atoms with van der Waals surface area (Å²) in [4.78, 5) is 12.4. The van der Waals surface area contributed by atoms with Crippen LogP contribution < -0.4 is 0 Å². The molecular formula is C22H27IO2. The summed E-state index contributed by atoms with van der Waals surface area (Å²) in [7, 11) is 0. The van der Waals surface area contributed by atoms with Crippen molar-refractivity contribution in [1.29, 1.82) is 0 Å². The number of carbonyl (C=O) groups excluding carboxylic acids is 1. The van der Waals surface area contributed by atoms with Crippen LogP contribution in [0, 0.1) is 7.14 Å². The van der Waals surface area contributed by atoms with Crippen molar-refractivity contribution >= 4 is 26.2 Å². The van der Waals surface area contributed by atoms with E-state index in [0.29, 0.717) is 17.8 Å². The van der Waals surface area contributed by atoms with Crippen LogP contribution in [0.4, 0.5) is 0 Å². The second-order valence-electron chi connectivity index (χ2n) is 7.57. The van der Waals surface area contributed by atoms with E-state index in [2.05, 4.69) is 59.7 Å². The van der Waals surface area contributed by atoms with E-state index in [1.165, 1.54) is 20.3 Å². The summed E-state index contributed by atoms with van der Waals surface area (Å²) in [6, 6.07) is 12.6. The maximum atomic E-state index is 12.4. The number of hydrogen-bond donors (Lipinski definition) is 0. The first-order chi connectivity index (χ1) is 11.8. The van der Waals surface area contributed by atoms with Gasteiger partial charge in [-0.05, 0) is 0 Å². The molecular weight excluding hydrogens is 423 g/mol. The average Bonchev–Trinajstić information content (AvgIpc) is 2.90. The molecule has 0 fully saturated rings. The molecule has 0 atom stereocenters. The van der Waals surface area contributed by atoms with Crippen molar-refractivity contribution in [2.24, 2.45) is 0 Å². The molecule has 0 saturated carbocycles. The normalized spacial score (nSPS) is 15.2. The maximum absolute atomic E-state index is 12.4. The second kappa shape index (κ2) is 7.10. The van der Waals surface area contributed by atoms with Crippen molar-refractivity contribution < 1.29 is 7.86 Å². The molecule has 0 aliphatic carbocycles. The molecule has 1 aliphatic heterocycles. The Hall–Kier alpha value is -1.36. The van der Waals surface area contributed by atoms with Gasteiger partial charge in [-0.3, -0.25) is 0 Å². The van der Waals surface area contributed by atoms with Gasteiger partial charge in [-0.25, -0.2) is 0 Å². The van der Waals surface area contributed by atoms with Gasteiger partial charge in [-0.1, -0.05) is 0 Å². The fourth-order valence-electron chi connectivity index (χ4n) is 3.14. The van der Waals surface area contributed by atoms with Crippen molar-refractivity contribution in [1.82, 2.24) is 0 Å². The summed E-state index contributed by atoms with van der Waals surface area (Å²) in [5.74, 6) is 1.18. The number of rotatable bonds is 4. The molecule has 0 N–H and O–H groups in total. The predicted molar refractivity (Wildman–Crippen MR) is 112 cm³/mol. The van der Waals surface area contributed by atoms with Crippen molar-refractivity contribution in [2.45, 2.75) is 59.3 Å². The molecule has 2 aromatic carbocycles. The van der Waals surface area contributed by atoms with Crippen molar-refractivity contribution in [3.63, 3.8) is 0 Å². The first kappa shape index (κ1) is 18.4. The Balaban J connectivity index is 2.27. The molecule has 0 spiro atoms. The SMILES string of the molecule is CC(C)c1cc(C(C)C)c(I2OC(=O)c3ccccc32)c(C(C)C)c1. The molecule has 0 aromatic heterocycles. The zero-order valence-electron chi connectivity index (χ0n) is 15.9. The molecule has 2 aromatic rings. The summed E-state index contributed by atoms with van der Waals surface area (Å²) >= 11 is -2.20. The fraction of sp³-hybridized carbons (Fsp3) is 0.409. The minimum atomic E-state index is -2.20. The van der Waals surface area contributed by atoms with E-state index in [1.54, 1.807) is 0 Å². The molecule has 3 heteroatoms. The van der Waals surface area contributed by atoms with E-state index in [0.717, 1.165) is 9.13 Å². The fourth-order valence-corrected chi connectivity index (χ4v) is 8.96. The van der Waals surface area contributed by atoms with Crippen LogP contribution in [0.25, 0.3) is 0 Å². The van der Waals surface area contributed by atoms with Crippen molar-refractivity contribution in [3.8, 4) is 0 Å². The molecule has 3 rings (SSSR count). The zero-order valence-corrected chi connectivity index (χ0v) is 18.0. The van der Waals surface area contributed by atoms with Crippen LogP contribution in [0.3, 0.4) is 0 Å². The van der Waals surface area contributed by atoms with E-state index in [1.807, 2.05) is 18.2 Å². The Kier molecular flexibility index (Phi) is 5.24. The molecule has 0 saturated heterocycles. The summed E-state index contributed by atoms with van der Waals surface area (Å²) in [5.41, 5.74) is 4.88. The van der Waals surface area contributed by atoms with Crippen molar-refractivity contribution in [2.75, 3.05) is 0 Å². The summed E-state index contributed by atoms with van der Waals surface area (Å²) in [6.07, 6.45) is 0. The molecule has 0 unspecified atom stereocenters. The Morgan fingerprint density at radius 2 is 1.40 bits per heavy atom. The van der Waals surface area contributed by atoms with Gasteiger partial charge in [0.1, 0.15) is 0 Å². The molecule has 1 aliphatic rings. The average molecular weight is 450 g/mol. The van der Waals surface area contributed by atoms with Gasteiger partial charge in [-0.2, -0.15) is 0 Å². The number of benzene rings is 2. The van der Waals surface area contributed by atoms with Gasteiger partial charge in [0.05, 0.1) is 0 Å². The summed E-state index contributed by atoms with van der Waals surface area (Å²) < 4.78 is 8.51. The Labute approximate surface area is 158 Å². The van der Waals surface area contributed by atoms with Gasteiger partial charge in [0.25, 0.3) is 0 Å². The third kappa shape index (κ3) is 3.35. The summed E-state index contributed by atoms with van der Waals surface area (Å²) in [6.45, 7) is 13.5. The van der Waals surface area contributed by atoms with Gasteiger partial charge < -0.3 is 0 Å². The van der Waals surface area contributed by atoms with Gasteiger partial charge in [0, 0.05) is 0 Å². The van der Waals surface area contributed by atoms with Gasteiger partial charge in [0.2, 0.25) is 0 Å². The Morgan fingerprint density at radius 3 is 1.92 bits per heavy atom. The van der Waals surface area contributed by atoms with Crippen LogP contribution >= 0.6 is 20.2 Å². The van der Waals surface area contributed by atoms with Gasteiger partial charge in [0.15, 0.2) is 0 Å². The van der Waals surface area contributed by atoms with Crippen LogP contribution in [0.15, 0.2) is 36.4 Å². The first-order valence-corrected chi connectivity index (χ1v) is 12.0. The van der Waals surface area contributed by atoms with E-state index < -0.39 is 20.2 Å². The van der Waals surface area contributed by atoms with Crippen LogP contribution in [0.5, 0.6) is 0 Å². The number of halogens is 1. The predicted octanol–water partition coefficient (Wildman–Crippen LogP) is 6.69.